The first-order valence-electron chi connectivity index (χ1n) is 4.50. The number of anilines is 1. The van der Waals surface area contributed by atoms with Gasteiger partial charge in [0.1, 0.15) is 6.04 Å². The summed E-state index contributed by atoms with van der Waals surface area (Å²) in [6.07, 6.45) is 1.97. The maximum atomic E-state index is 10.5. The molecule has 0 amide bonds. The van der Waals surface area contributed by atoms with Crippen molar-refractivity contribution in [1.82, 2.24) is 0 Å². The number of hydrogen-bond acceptors (Lipinski definition) is 4. The summed E-state index contributed by atoms with van der Waals surface area (Å²) >= 11 is 1.60. The van der Waals surface area contributed by atoms with Crippen LogP contribution in [0.15, 0.2) is 29.2 Å². The molecule has 1 aromatic carbocycles. The van der Waals surface area contributed by atoms with Crippen LogP contribution in [0.4, 0.5) is 5.69 Å². The normalized spacial score (nSPS) is 12.1. The van der Waals surface area contributed by atoms with E-state index in [9.17, 15) is 4.79 Å². The Kier molecular flexibility index (Phi) is 4.45. The van der Waals surface area contributed by atoms with E-state index in [1.165, 1.54) is 0 Å². The highest BCUT2D eigenvalue weighted by Crippen LogP contribution is 2.24. The maximum Gasteiger partial charge on any atom is 0.322 e. The Morgan fingerprint density at radius 1 is 1.60 bits per heavy atom. The molecular formula is C10H14N2O2S. The van der Waals surface area contributed by atoms with Crippen molar-refractivity contribution >= 4 is 23.4 Å². The van der Waals surface area contributed by atoms with Crippen LogP contribution in [0.2, 0.25) is 0 Å². The van der Waals surface area contributed by atoms with Crippen molar-refractivity contribution in [3.05, 3.63) is 24.3 Å². The van der Waals surface area contributed by atoms with Crippen molar-refractivity contribution in [2.75, 3.05) is 18.1 Å². The molecule has 0 spiro atoms. The highest BCUT2D eigenvalue weighted by molar-refractivity contribution is 7.98. The molecule has 1 rings (SSSR count). The number of aliphatic carboxylic acids is 1. The van der Waals surface area contributed by atoms with Gasteiger partial charge in [0.25, 0.3) is 0 Å². The molecular weight excluding hydrogens is 212 g/mol. The molecule has 0 saturated carbocycles. The number of carboxylic acids is 1. The standard InChI is InChI=1S/C10H14N2O2S/c1-15-9-5-3-2-4-8(9)12-6-7(11)10(13)14/h2-5,7,12H,6,11H2,1H3,(H,13,14). The maximum absolute atomic E-state index is 10.5. The van der Waals surface area contributed by atoms with Gasteiger partial charge in [-0.15, -0.1) is 11.8 Å². The summed E-state index contributed by atoms with van der Waals surface area (Å²) in [5.74, 6) is -0.996. The molecule has 0 aliphatic heterocycles. The zero-order valence-corrected chi connectivity index (χ0v) is 9.25. The van der Waals surface area contributed by atoms with Crippen molar-refractivity contribution in [2.24, 2.45) is 5.73 Å². The van der Waals surface area contributed by atoms with Crippen LogP contribution in [0.3, 0.4) is 0 Å². The third-order valence-corrected chi connectivity index (χ3v) is 2.73. The largest absolute Gasteiger partial charge is 0.480 e. The number of hydrogen-bond donors (Lipinski definition) is 3. The van der Waals surface area contributed by atoms with Gasteiger partial charge in [-0.1, -0.05) is 12.1 Å². The summed E-state index contributed by atoms with van der Waals surface area (Å²) in [5.41, 5.74) is 6.31. The van der Waals surface area contributed by atoms with Crippen molar-refractivity contribution < 1.29 is 9.90 Å². The smallest absolute Gasteiger partial charge is 0.322 e. The molecule has 0 aliphatic rings. The summed E-state index contributed by atoms with van der Waals surface area (Å²) in [6.45, 7) is 0.229. The minimum absolute atomic E-state index is 0.229. The van der Waals surface area contributed by atoms with Crippen LogP contribution in [0.1, 0.15) is 0 Å². The van der Waals surface area contributed by atoms with Gasteiger partial charge in [-0.3, -0.25) is 4.79 Å². The summed E-state index contributed by atoms with van der Waals surface area (Å²) in [7, 11) is 0. The van der Waals surface area contributed by atoms with E-state index in [1.807, 2.05) is 30.5 Å². The third kappa shape index (κ3) is 3.45. The molecule has 0 fully saturated rings. The van der Waals surface area contributed by atoms with Crippen LogP contribution in [-0.2, 0) is 4.79 Å². The first kappa shape index (κ1) is 11.9. The van der Waals surface area contributed by atoms with E-state index >= 15 is 0 Å². The quantitative estimate of drug-likeness (QED) is 0.658. The Hall–Kier alpha value is -1.20. The fourth-order valence-electron chi connectivity index (χ4n) is 1.10. The van der Waals surface area contributed by atoms with Crippen LogP contribution in [0.25, 0.3) is 0 Å². The molecule has 0 aromatic heterocycles. The average Bonchev–Trinajstić information content (AvgIpc) is 2.26. The average molecular weight is 226 g/mol. The van der Waals surface area contributed by atoms with Crippen LogP contribution < -0.4 is 11.1 Å². The van der Waals surface area contributed by atoms with E-state index in [0.29, 0.717) is 0 Å². The lowest BCUT2D eigenvalue weighted by Gasteiger charge is -2.12. The second kappa shape index (κ2) is 5.63. The molecule has 5 heteroatoms. The molecule has 0 radical (unpaired) electrons. The molecule has 4 N–H and O–H groups in total. The number of thioether (sulfide) groups is 1. The van der Waals surface area contributed by atoms with Gasteiger partial charge in [-0.05, 0) is 18.4 Å². The molecule has 1 aromatic rings. The van der Waals surface area contributed by atoms with Gasteiger partial charge in [0.15, 0.2) is 0 Å². The van der Waals surface area contributed by atoms with Crippen LogP contribution >= 0.6 is 11.8 Å². The number of carboxylic acid groups (broad SMARTS) is 1. The second-order valence-electron chi connectivity index (χ2n) is 3.03. The minimum atomic E-state index is -0.996. The number of rotatable bonds is 5. The lowest BCUT2D eigenvalue weighted by Crippen LogP contribution is -2.37. The summed E-state index contributed by atoms with van der Waals surface area (Å²) < 4.78 is 0. The highest BCUT2D eigenvalue weighted by Gasteiger charge is 2.11. The Bertz CT molecular complexity index is 344. The SMILES string of the molecule is CSc1ccccc1NCC(N)C(=O)O. The molecule has 0 saturated heterocycles. The fraction of sp³-hybridized carbons (Fsp3) is 0.300. The van der Waals surface area contributed by atoms with Crippen LogP contribution in [-0.4, -0.2) is 29.9 Å². The van der Waals surface area contributed by atoms with E-state index in [1.54, 1.807) is 11.8 Å². The molecule has 82 valence electrons. The van der Waals surface area contributed by atoms with Gasteiger partial charge >= 0.3 is 5.97 Å². The van der Waals surface area contributed by atoms with Crippen LogP contribution in [0.5, 0.6) is 0 Å². The Morgan fingerprint density at radius 2 is 2.27 bits per heavy atom. The van der Waals surface area contributed by atoms with Crippen molar-refractivity contribution in [3.8, 4) is 0 Å². The van der Waals surface area contributed by atoms with Crippen molar-refractivity contribution in [1.29, 1.82) is 0 Å². The van der Waals surface area contributed by atoms with Gasteiger partial charge in [-0.2, -0.15) is 0 Å². The van der Waals surface area contributed by atoms with E-state index in [-0.39, 0.29) is 6.54 Å². The van der Waals surface area contributed by atoms with E-state index in [0.717, 1.165) is 10.6 Å². The van der Waals surface area contributed by atoms with Gasteiger partial charge in [-0.25, -0.2) is 0 Å². The molecule has 1 atom stereocenters. The third-order valence-electron chi connectivity index (χ3n) is 1.94. The van der Waals surface area contributed by atoms with Gasteiger partial charge < -0.3 is 16.2 Å². The lowest BCUT2D eigenvalue weighted by molar-refractivity contribution is -0.138. The van der Waals surface area contributed by atoms with E-state index in [2.05, 4.69) is 5.32 Å². The summed E-state index contributed by atoms with van der Waals surface area (Å²) in [4.78, 5) is 11.6. The Labute approximate surface area is 92.9 Å². The van der Waals surface area contributed by atoms with Gasteiger partial charge in [0.2, 0.25) is 0 Å². The zero-order valence-electron chi connectivity index (χ0n) is 8.43. The Balaban J connectivity index is 2.60. The van der Waals surface area contributed by atoms with Gasteiger partial charge in [0.05, 0.1) is 0 Å². The lowest BCUT2D eigenvalue weighted by atomic mass is 10.3. The minimum Gasteiger partial charge on any atom is -0.480 e. The topological polar surface area (TPSA) is 75.3 Å². The first-order chi connectivity index (χ1) is 7.15. The monoisotopic (exact) mass is 226 g/mol. The fourth-order valence-corrected chi connectivity index (χ4v) is 1.67. The zero-order chi connectivity index (χ0) is 11.3. The predicted octanol–water partition coefficient (Wildman–Crippen LogP) is 1.23. The molecule has 0 heterocycles. The summed E-state index contributed by atoms with van der Waals surface area (Å²) in [5, 5.41) is 11.6. The highest BCUT2D eigenvalue weighted by atomic mass is 32.2. The number of nitrogens with two attached hydrogens (primary N) is 1. The summed E-state index contributed by atoms with van der Waals surface area (Å²) in [6, 6.07) is 6.84. The number of nitrogens with one attached hydrogen (secondary N) is 1. The first-order valence-corrected chi connectivity index (χ1v) is 5.73. The van der Waals surface area contributed by atoms with Crippen molar-refractivity contribution in [2.45, 2.75) is 10.9 Å². The second-order valence-corrected chi connectivity index (χ2v) is 3.87. The van der Waals surface area contributed by atoms with E-state index in [4.69, 9.17) is 10.8 Å². The molecule has 4 nitrogen and oxygen atoms in total. The van der Waals surface area contributed by atoms with E-state index < -0.39 is 12.0 Å². The van der Waals surface area contributed by atoms with Crippen LogP contribution in [0, 0.1) is 0 Å². The van der Waals surface area contributed by atoms with Gasteiger partial charge in [0, 0.05) is 17.1 Å². The molecule has 0 bridgehead atoms. The number of carbonyl (C=O) groups is 1. The molecule has 0 aliphatic carbocycles. The Morgan fingerprint density at radius 3 is 2.87 bits per heavy atom. The molecule has 1 unspecified atom stereocenters. The number of para-hydroxylation sites is 1. The van der Waals surface area contributed by atoms with Crippen molar-refractivity contribution in [3.63, 3.8) is 0 Å². The predicted molar refractivity (Wildman–Crippen MR) is 62.3 cm³/mol. The molecule has 15 heavy (non-hydrogen) atoms. The number of benzene rings is 1.